The lowest BCUT2D eigenvalue weighted by molar-refractivity contribution is -0.154. The number of hydrogen-bond donors (Lipinski definition) is 3. The number of ether oxygens (including phenoxy) is 1. The molecule has 0 radical (unpaired) electrons. The largest absolute Gasteiger partial charge is 0.481 e. The van der Waals surface area contributed by atoms with Crippen LogP contribution in [0.5, 0.6) is 0 Å². The number of aliphatic carboxylic acids is 1. The van der Waals surface area contributed by atoms with Crippen LogP contribution in [0.15, 0.2) is 0 Å². The molecule has 2 aliphatic rings. The molecule has 1 amide bonds. The van der Waals surface area contributed by atoms with Crippen LogP contribution < -0.4 is 10.6 Å². The highest BCUT2D eigenvalue weighted by atomic mass is 16.5. The number of amides is 1. The molecule has 6 heteroatoms. The van der Waals surface area contributed by atoms with Gasteiger partial charge in [-0.15, -0.1) is 0 Å². The third-order valence-electron chi connectivity index (χ3n) is 4.71. The van der Waals surface area contributed by atoms with Crippen LogP contribution in [0.4, 0.5) is 0 Å². The van der Waals surface area contributed by atoms with Gasteiger partial charge in [-0.1, -0.05) is 0 Å². The summed E-state index contributed by atoms with van der Waals surface area (Å²) in [7, 11) is 0. The van der Waals surface area contributed by atoms with Gasteiger partial charge in [0.15, 0.2) is 0 Å². The van der Waals surface area contributed by atoms with E-state index in [0.29, 0.717) is 38.4 Å². The van der Waals surface area contributed by atoms with Gasteiger partial charge in [0.05, 0.1) is 5.41 Å². The maximum atomic E-state index is 11.9. The normalized spacial score (nSPS) is 25.2. The Morgan fingerprint density at radius 2 is 2.10 bits per heavy atom. The molecule has 0 aromatic carbocycles. The summed E-state index contributed by atoms with van der Waals surface area (Å²) in [5, 5.41) is 15.6. The van der Waals surface area contributed by atoms with Crippen molar-refractivity contribution in [3.05, 3.63) is 0 Å². The topological polar surface area (TPSA) is 87.7 Å². The summed E-state index contributed by atoms with van der Waals surface area (Å²) >= 11 is 0. The van der Waals surface area contributed by atoms with Crippen molar-refractivity contribution in [1.29, 1.82) is 0 Å². The molecular formula is C15H26N2O4. The van der Waals surface area contributed by atoms with E-state index in [0.717, 1.165) is 19.5 Å². The predicted octanol–water partition coefficient (Wildman–Crippen LogP) is 0.764. The molecule has 2 fully saturated rings. The molecule has 0 aromatic rings. The Balaban J connectivity index is 1.72. The Bertz CT molecular complexity index is 361. The van der Waals surface area contributed by atoms with Crippen molar-refractivity contribution in [3.8, 4) is 0 Å². The van der Waals surface area contributed by atoms with Crippen LogP contribution in [0, 0.1) is 11.3 Å². The fourth-order valence-electron chi connectivity index (χ4n) is 3.09. The van der Waals surface area contributed by atoms with Gasteiger partial charge in [0.25, 0.3) is 0 Å². The fourth-order valence-corrected chi connectivity index (χ4v) is 3.09. The molecule has 2 heterocycles. The van der Waals surface area contributed by atoms with Gasteiger partial charge in [-0.2, -0.15) is 0 Å². The molecule has 0 spiro atoms. The van der Waals surface area contributed by atoms with E-state index in [1.54, 1.807) is 0 Å². The first-order valence-corrected chi connectivity index (χ1v) is 7.91. The third-order valence-corrected chi connectivity index (χ3v) is 4.71. The number of carbonyl (C=O) groups excluding carboxylic acids is 1. The third kappa shape index (κ3) is 4.68. The zero-order valence-corrected chi connectivity index (χ0v) is 12.5. The number of nitrogens with one attached hydrogen (secondary N) is 2. The van der Waals surface area contributed by atoms with Crippen LogP contribution in [0.3, 0.4) is 0 Å². The van der Waals surface area contributed by atoms with Crippen LogP contribution in [0.2, 0.25) is 0 Å². The van der Waals surface area contributed by atoms with Gasteiger partial charge in [0, 0.05) is 26.2 Å². The van der Waals surface area contributed by atoms with Gasteiger partial charge in [0.1, 0.15) is 0 Å². The summed E-state index contributed by atoms with van der Waals surface area (Å²) in [5.41, 5.74) is -0.847. The summed E-state index contributed by atoms with van der Waals surface area (Å²) in [5.74, 6) is -0.295. The molecule has 120 valence electrons. The Kier molecular flexibility index (Phi) is 5.99. The summed E-state index contributed by atoms with van der Waals surface area (Å²) in [6, 6.07) is 0. The molecule has 2 rings (SSSR count). The molecule has 1 unspecified atom stereocenters. The van der Waals surface area contributed by atoms with Gasteiger partial charge in [-0.05, 0) is 51.1 Å². The van der Waals surface area contributed by atoms with Crippen LogP contribution >= 0.6 is 0 Å². The second-order valence-corrected chi connectivity index (χ2v) is 6.23. The molecule has 0 aliphatic carbocycles. The van der Waals surface area contributed by atoms with Gasteiger partial charge >= 0.3 is 5.97 Å². The Morgan fingerprint density at radius 1 is 1.33 bits per heavy atom. The monoisotopic (exact) mass is 298 g/mol. The highest BCUT2D eigenvalue weighted by Gasteiger charge is 2.40. The number of carboxylic acids is 1. The average Bonchev–Trinajstić information content (AvgIpc) is 2.52. The standard InChI is InChI=1S/C15H26N2O4/c18-13(4-3-12-2-1-7-16-10-12)17-11-15(14(19)20)5-8-21-9-6-15/h12,16H,1-11H2,(H,17,18)(H,19,20). The number of piperidine rings is 1. The van der Waals surface area contributed by atoms with E-state index in [9.17, 15) is 14.7 Å². The fraction of sp³-hybridized carbons (Fsp3) is 0.867. The smallest absolute Gasteiger partial charge is 0.311 e. The van der Waals surface area contributed by atoms with E-state index >= 15 is 0 Å². The Hall–Kier alpha value is -1.14. The van der Waals surface area contributed by atoms with E-state index in [1.807, 2.05) is 0 Å². The van der Waals surface area contributed by atoms with Gasteiger partial charge in [-0.3, -0.25) is 9.59 Å². The minimum Gasteiger partial charge on any atom is -0.481 e. The van der Waals surface area contributed by atoms with Gasteiger partial charge in [0.2, 0.25) is 5.91 Å². The maximum Gasteiger partial charge on any atom is 0.311 e. The SMILES string of the molecule is O=C(CCC1CCCNC1)NCC1(C(=O)O)CCOCC1. The van der Waals surface area contributed by atoms with Gasteiger partial charge < -0.3 is 20.5 Å². The molecule has 2 aliphatic heterocycles. The van der Waals surface area contributed by atoms with Crippen molar-refractivity contribution in [1.82, 2.24) is 10.6 Å². The average molecular weight is 298 g/mol. The lowest BCUT2D eigenvalue weighted by Crippen LogP contribution is -2.46. The summed E-state index contributed by atoms with van der Waals surface area (Å²) in [6.07, 6.45) is 4.65. The molecule has 3 N–H and O–H groups in total. The molecule has 6 nitrogen and oxygen atoms in total. The molecule has 2 saturated heterocycles. The second kappa shape index (κ2) is 7.75. The molecule has 0 saturated carbocycles. The zero-order valence-electron chi connectivity index (χ0n) is 12.5. The summed E-state index contributed by atoms with van der Waals surface area (Å²) in [4.78, 5) is 23.4. The van der Waals surface area contributed by atoms with Gasteiger partial charge in [-0.25, -0.2) is 0 Å². The first kappa shape index (κ1) is 16.2. The van der Waals surface area contributed by atoms with Crippen molar-refractivity contribution in [3.63, 3.8) is 0 Å². The molecule has 21 heavy (non-hydrogen) atoms. The molecular weight excluding hydrogens is 272 g/mol. The molecule has 1 atom stereocenters. The van der Waals surface area contributed by atoms with Crippen LogP contribution in [0.1, 0.15) is 38.5 Å². The number of hydrogen-bond acceptors (Lipinski definition) is 4. The highest BCUT2D eigenvalue weighted by molar-refractivity contribution is 5.79. The van der Waals surface area contributed by atoms with E-state index in [1.165, 1.54) is 12.8 Å². The van der Waals surface area contributed by atoms with Crippen LogP contribution in [-0.2, 0) is 14.3 Å². The zero-order chi connectivity index (χ0) is 15.1. The van der Waals surface area contributed by atoms with Crippen molar-refractivity contribution in [2.45, 2.75) is 38.5 Å². The molecule has 0 aromatic heterocycles. The van der Waals surface area contributed by atoms with Crippen molar-refractivity contribution >= 4 is 11.9 Å². The van der Waals surface area contributed by atoms with Crippen LogP contribution in [-0.4, -0.2) is 49.8 Å². The van der Waals surface area contributed by atoms with Crippen molar-refractivity contribution in [2.75, 3.05) is 32.8 Å². The van der Waals surface area contributed by atoms with E-state index in [2.05, 4.69) is 10.6 Å². The predicted molar refractivity (Wildman–Crippen MR) is 78.0 cm³/mol. The first-order chi connectivity index (χ1) is 10.1. The Labute approximate surface area is 125 Å². The quantitative estimate of drug-likeness (QED) is 0.674. The maximum absolute atomic E-state index is 11.9. The van der Waals surface area contributed by atoms with E-state index in [4.69, 9.17) is 4.74 Å². The number of rotatable bonds is 6. The minimum absolute atomic E-state index is 0.0345. The highest BCUT2D eigenvalue weighted by Crippen LogP contribution is 2.30. The van der Waals surface area contributed by atoms with Crippen molar-refractivity contribution in [2.24, 2.45) is 11.3 Å². The lowest BCUT2D eigenvalue weighted by atomic mass is 9.80. The van der Waals surface area contributed by atoms with Crippen molar-refractivity contribution < 1.29 is 19.4 Å². The van der Waals surface area contributed by atoms with Crippen LogP contribution in [0.25, 0.3) is 0 Å². The number of carbonyl (C=O) groups is 2. The summed E-state index contributed by atoms with van der Waals surface area (Å²) < 4.78 is 5.23. The second-order valence-electron chi connectivity index (χ2n) is 6.23. The van der Waals surface area contributed by atoms with E-state index in [-0.39, 0.29) is 12.5 Å². The summed E-state index contributed by atoms with van der Waals surface area (Å²) in [6.45, 7) is 3.19. The minimum atomic E-state index is -0.847. The Morgan fingerprint density at radius 3 is 2.71 bits per heavy atom. The lowest BCUT2D eigenvalue weighted by Gasteiger charge is -2.33. The van der Waals surface area contributed by atoms with E-state index < -0.39 is 11.4 Å². The molecule has 0 bridgehead atoms. The number of carboxylic acid groups (broad SMARTS) is 1. The first-order valence-electron chi connectivity index (χ1n) is 7.91.